The molecule has 204 valence electrons. The molecule has 37 heavy (non-hydrogen) atoms. The van der Waals surface area contributed by atoms with Gasteiger partial charge in [0, 0.05) is 34.3 Å². The van der Waals surface area contributed by atoms with Crippen molar-refractivity contribution in [2.75, 3.05) is 31.3 Å². The van der Waals surface area contributed by atoms with Crippen molar-refractivity contribution in [3.8, 4) is 11.5 Å². The summed E-state index contributed by atoms with van der Waals surface area (Å²) in [6.07, 6.45) is 1.25. The minimum absolute atomic E-state index is 0.103. The van der Waals surface area contributed by atoms with E-state index in [9.17, 15) is 18.0 Å². The minimum atomic E-state index is -3.97. The monoisotopic (exact) mass is 573 g/mol. The summed E-state index contributed by atoms with van der Waals surface area (Å²) in [5.74, 6) is -0.403. The fourth-order valence-electron chi connectivity index (χ4n) is 3.74. The predicted octanol–water partition coefficient (Wildman–Crippen LogP) is 4.11. The van der Waals surface area contributed by atoms with Crippen LogP contribution in [-0.2, 0) is 26.2 Å². The molecule has 0 aliphatic heterocycles. The predicted molar refractivity (Wildman–Crippen MR) is 146 cm³/mol. The van der Waals surface area contributed by atoms with Crippen molar-refractivity contribution in [1.29, 1.82) is 0 Å². The van der Waals surface area contributed by atoms with E-state index in [0.29, 0.717) is 21.4 Å². The molecule has 0 spiro atoms. The Kier molecular flexibility index (Phi) is 10.9. The van der Waals surface area contributed by atoms with Gasteiger partial charge in [0.15, 0.2) is 0 Å². The lowest BCUT2D eigenvalue weighted by atomic mass is 10.1. The molecule has 0 heterocycles. The van der Waals surface area contributed by atoms with Crippen molar-refractivity contribution >= 4 is 50.7 Å². The number of nitrogens with zero attached hydrogens (tertiary/aromatic N) is 2. The number of ether oxygens (including phenoxy) is 2. The van der Waals surface area contributed by atoms with Gasteiger partial charge in [-0.05, 0) is 44.5 Å². The molecule has 0 unspecified atom stereocenters. The highest BCUT2D eigenvalue weighted by molar-refractivity contribution is 7.92. The molecular weight excluding hydrogens is 541 g/mol. The van der Waals surface area contributed by atoms with Crippen LogP contribution in [0.2, 0.25) is 10.0 Å². The molecule has 0 aliphatic carbocycles. The highest BCUT2D eigenvalue weighted by Crippen LogP contribution is 2.34. The zero-order valence-electron chi connectivity index (χ0n) is 21.7. The summed E-state index contributed by atoms with van der Waals surface area (Å²) in [6.45, 7) is 4.67. The Balaban J connectivity index is 2.59. The molecule has 9 nitrogen and oxygen atoms in total. The number of anilines is 1. The lowest BCUT2D eigenvalue weighted by Gasteiger charge is -2.33. The van der Waals surface area contributed by atoms with Crippen LogP contribution >= 0.6 is 23.2 Å². The first-order valence-electron chi connectivity index (χ1n) is 11.6. The van der Waals surface area contributed by atoms with Crippen molar-refractivity contribution in [2.24, 2.45) is 0 Å². The molecule has 0 bridgehead atoms. The van der Waals surface area contributed by atoms with Crippen LogP contribution in [0, 0.1) is 0 Å². The number of halogens is 2. The largest absolute Gasteiger partial charge is 0.497 e. The Morgan fingerprint density at radius 2 is 1.68 bits per heavy atom. The van der Waals surface area contributed by atoms with Crippen molar-refractivity contribution in [2.45, 2.75) is 45.8 Å². The molecule has 2 amide bonds. The van der Waals surface area contributed by atoms with Crippen molar-refractivity contribution < 1.29 is 27.5 Å². The first-order valence-corrected chi connectivity index (χ1v) is 14.2. The van der Waals surface area contributed by atoms with E-state index in [1.54, 1.807) is 37.3 Å². The van der Waals surface area contributed by atoms with E-state index in [1.807, 2.05) is 13.8 Å². The quantitative estimate of drug-likeness (QED) is 0.409. The van der Waals surface area contributed by atoms with Crippen LogP contribution < -0.4 is 19.1 Å². The molecule has 2 aromatic carbocycles. The summed E-state index contributed by atoms with van der Waals surface area (Å²) in [7, 11) is -1.14. The number of amides is 2. The molecule has 0 aliphatic rings. The van der Waals surface area contributed by atoms with Crippen molar-refractivity contribution in [3.63, 3.8) is 0 Å². The number of rotatable bonds is 12. The third kappa shape index (κ3) is 7.90. The lowest BCUT2D eigenvalue weighted by molar-refractivity contribution is -0.140. The summed E-state index contributed by atoms with van der Waals surface area (Å²) in [4.78, 5) is 28.2. The number of sulfonamides is 1. The van der Waals surface area contributed by atoms with Gasteiger partial charge in [-0.15, -0.1) is 0 Å². The Morgan fingerprint density at radius 3 is 2.16 bits per heavy atom. The SMILES string of the molecule is CC[C@H](C(=O)NC(C)C)N(Cc1c(Cl)cccc1Cl)C(=O)CN(c1cc(OC)ccc1OC)S(C)(=O)=O. The molecule has 0 saturated carbocycles. The molecule has 2 aromatic rings. The van der Waals surface area contributed by atoms with Gasteiger partial charge >= 0.3 is 0 Å². The fraction of sp³-hybridized carbons (Fsp3) is 0.440. The van der Waals surface area contributed by atoms with E-state index in [0.717, 1.165) is 10.6 Å². The normalized spacial score (nSPS) is 12.1. The van der Waals surface area contributed by atoms with E-state index >= 15 is 0 Å². The fourth-order valence-corrected chi connectivity index (χ4v) is 5.10. The van der Waals surface area contributed by atoms with Gasteiger partial charge in [0.25, 0.3) is 0 Å². The third-order valence-corrected chi connectivity index (χ3v) is 7.38. The van der Waals surface area contributed by atoms with E-state index < -0.39 is 28.5 Å². The molecule has 1 N–H and O–H groups in total. The minimum Gasteiger partial charge on any atom is -0.497 e. The van der Waals surface area contributed by atoms with Gasteiger partial charge in [0.2, 0.25) is 21.8 Å². The molecule has 2 rings (SSSR count). The third-order valence-electron chi connectivity index (χ3n) is 5.54. The Bertz CT molecular complexity index is 1200. The average Bonchev–Trinajstić information content (AvgIpc) is 2.82. The first-order chi connectivity index (χ1) is 17.3. The van der Waals surface area contributed by atoms with E-state index in [4.69, 9.17) is 32.7 Å². The second-order valence-corrected chi connectivity index (χ2v) is 11.3. The van der Waals surface area contributed by atoms with Gasteiger partial charge in [-0.25, -0.2) is 8.42 Å². The van der Waals surface area contributed by atoms with Gasteiger partial charge in [0.05, 0.1) is 26.2 Å². The van der Waals surface area contributed by atoms with Crippen LogP contribution in [0.15, 0.2) is 36.4 Å². The maximum absolute atomic E-state index is 13.8. The molecule has 12 heteroatoms. The second-order valence-electron chi connectivity index (χ2n) is 8.62. The maximum atomic E-state index is 13.8. The summed E-state index contributed by atoms with van der Waals surface area (Å²) < 4.78 is 37.3. The Labute approximate surface area is 228 Å². The van der Waals surface area contributed by atoms with E-state index in [-0.39, 0.29) is 36.4 Å². The molecular formula is C25H33Cl2N3O6S. The highest BCUT2D eigenvalue weighted by atomic mass is 35.5. The molecule has 0 saturated heterocycles. The van der Waals surface area contributed by atoms with Crippen LogP contribution in [0.25, 0.3) is 0 Å². The summed E-state index contributed by atoms with van der Waals surface area (Å²) in [5.41, 5.74) is 0.563. The standard InChI is InChI=1S/C25H33Cl2N3O6S/c1-7-21(25(32)28-16(2)3)29(14-18-19(26)9-8-10-20(18)27)24(31)15-30(37(6,33)34)22-13-17(35-4)11-12-23(22)36-5/h8-13,16,21H,7,14-15H2,1-6H3,(H,28,32)/t21-/m1/s1. The topological polar surface area (TPSA) is 105 Å². The van der Waals surface area contributed by atoms with E-state index in [1.165, 1.54) is 25.2 Å². The van der Waals surface area contributed by atoms with Gasteiger partial charge in [-0.3, -0.25) is 13.9 Å². The molecule has 0 aromatic heterocycles. The molecule has 1 atom stereocenters. The number of carbonyl (C=O) groups is 2. The van der Waals surface area contributed by atoms with Crippen LogP contribution in [0.3, 0.4) is 0 Å². The zero-order chi connectivity index (χ0) is 27.9. The van der Waals surface area contributed by atoms with Crippen LogP contribution in [-0.4, -0.2) is 64.2 Å². The molecule has 0 radical (unpaired) electrons. The van der Waals surface area contributed by atoms with Crippen LogP contribution in [0.1, 0.15) is 32.8 Å². The number of benzene rings is 2. The zero-order valence-corrected chi connectivity index (χ0v) is 24.1. The van der Waals surface area contributed by atoms with Gasteiger partial charge in [0.1, 0.15) is 24.1 Å². The number of carbonyl (C=O) groups excluding carboxylic acids is 2. The smallest absolute Gasteiger partial charge is 0.244 e. The number of hydrogen-bond acceptors (Lipinski definition) is 6. The summed E-state index contributed by atoms with van der Waals surface area (Å²) >= 11 is 12.8. The average molecular weight is 575 g/mol. The number of hydrogen-bond donors (Lipinski definition) is 1. The van der Waals surface area contributed by atoms with Gasteiger partial charge in [-0.2, -0.15) is 0 Å². The summed E-state index contributed by atoms with van der Waals surface area (Å²) in [6, 6.07) is 8.47. The first kappa shape index (κ1) is 30.5. The van der Waals surface area contributed by atoms with Gasteiger partial charge < -0.3 is 19.7 Å². The second kappa shape index (κ2) is 13.2. The van der Waals surface area contributed by atoms with Crippen molar-refractivity contribution in [3.05, 3.63) is 52.0 Å². The number of methoxy groups -OCH3 is 2. The highest BCUT2D eigenvalue weighted by Gasteiger charge is 2.33. The lowest BCUT2D eigenvalue weighted by Crippen LogP contribution is -2.53. The molecule has 0 fully saturated rings. The Morgan fingerprint density at radius 1 is 1.05 bits per heavy atom. The van der Waals surface area contributed by atoms with Crippen LogP contribution in [0.4, 0.5) is 5.69 Å². The Hall–Kier alpha value is -2.69. The maximum Gasteiger partial charge on any atom is 0.244 e. The number of nitrogens with one attached hydrogen (secondary N) is 1. The summed E-state index contributed by atoms with van der Waals surface area (Å²) in [5, 5.41) is 3.46. The van der Waals surface area contributed by atoms with Crippen LogP contribution in [0.5, 0.6) is 11.5 Å². The van der Waals surface area contributed by atoms with Gasteiger partial charge in [-0.1, -0.05) is 36.2 Å². The van der Waals surface area contributed by atoms with E-state index in [2.05, 4.69) is 5.32 Å². The van der Waals surface area contributed by atoms with Crippen molar-refractivity contribution in [1.82, 2.24) is 10.2 Å².